The minimum atomic E-state index is -0.0701. The lowest BCUT2D eigenvalue weighted by atomic mass is 9.98. The highest BCUT2D eigenvalue weighted by Gasteiger charge is 2.13. The fourth-order valence-electron chi connectivity index (χ4n) is 2.01. The van der Waals surface area contributed by atoms with Crippen molar-refractivity contribution in [3.63, 3.8) is 0 Å². The highest BCUT2D eigenvalue weighted by atomic mass is 35.5. The van der Waals surface area contributed by atoms with Crippen molar-refractivity contribution < 1.29 is 9.53 Å². The minimum absolute atomic E-state index is 0. The molecule has 0 bridgehead atoms. The Labute approximate surface area is 110 Å². The van der Waals surface area contributed by atoms with Crippen LogP contribution in [0.1, 0.15) is 45.4 Å². The molecule has 1 fully saturated rings. The van der Waals surface area contributed by atoms with Gasteiger partial charge in [0.2, 0.25) is 5.91 Å². The lowest BCUT2D eigenvalue weighted by Crippen LogP contribution is -2.33. The third-order valence-corrected chi connectivity index (χ3v) is 2.84. The summed E-state index contributed by atoms with van der Waals surface area (Å²) < 4.78 is 5.69. The zero-order valence-corrected chi connectivity index (χ0v) is 11.4. The number of nitrogens with one attached hydrogen (secondary N) is 1. The molecular formula is C12H25ClN2O2. The topological polar surface area (TPSA) is 64.4 Å². The number of amides is 1. The molecule has 0 aliphatic heterocycles. The molecule has 0 aromatic rings. The van der Waals surface area contributed by atoms with Gasteiger partial charge in [0.25, 0.3) is 0 Å². The van der Waals surface area contributed by atoms with Crippen LogP contribution in [0.25, 0.3) is 0 Å². The standard InChI is InChI=1S/C12H24N2O2.ClH/c1-10(13)9-12(15)14-7-8-16-11-5-3-2-4-6-11;/h10-11H,2-9,13H2,1H3,(H,14,15);1H. The van der Waals surface area contributed by atoms with E-state index >= 15 is 0 Å². The fourth-order valence-corrected chi connectivity index (χ4v) is 2.01. The van der Waals surface area contributed by atoms with E-state index < -0.39 is 0 Å². The molecule has 17 heavy (non-hydrogen) atoms. The van der Waals surface area contributed by atoms with E-state index in [1.165, 1.54) is 32.1 Å². The van der Waals surface area contributed by atoms with Gasteiger partial charge in [-0.3, -0.25) is 4.79 Å². The number of ether oxygens (including phenoxy) is 1. The van der Waals surface area contributed by atoms with Crippen molar-refractivity contribution in [3.8, 4) is 0 Å². The molecule has 1 aliphatic carbocycles. The molecule has 1 aliphatic rings. The van der Waals surface area contributed by atoms with Crippen molar-refractivity contribution in [2.45, 2.75) is 57.6 Å². The molecule has 1 saturated carbocycles. The number of carbonyl (C=O) groups excluding carboxylic acids is 1. The molecular weight excluding hydrogens is 240 g/mol. The first kappa shape index (κ1) is 16.7. The second-order valence-corrected chi connectivity index (χ2v) is 4.66. The van der Waals surface area contributed by atoms with Gasteiger partial charge in [-0.25, -0.2) is 0 Å². The maximum absolute atomic E-state index is 11.3. The fraction of sp³-hybridized carbons (Fsp3) is 0.917. The van der Waals surface area contributed by atoms with Crippen LogP contribution in [0.4, 0.5) is 0 Å². The van der Waals surface area contributed by atoms with Gasteiger partial charge < -0.3 is 15.8 Å². The summed E-state index contributed by atoms with van der Waals surface area (Å²) in [4.78, 5) is 11.3. The summed E-state index contributed by atoms with van der Waals surface area (Å²) in [6.45, 7) is 3.05. The predicted molar refractivity (Wildman–Crippen MR) is 71.3 cm³/mol. The van der Waals surface area contributed by atoms with Crippen molar-refractivity contribution in [1.29, 1.82) is 0 Å². The summed E-state index contributed by atoms with van der Waals surface area (Å²) in [5, 5.41) is 2.81. The summed E-state index contributed by atoms with van der Waals surface area (Å²) in [6.07, 6.45) is 7.05. The van der Waals surface area contributed by atoms with E-state index in [0.29, 0.717) is 25.7 Å². The first-order chi connectivity index (χ1) is 7.68. The Morgan fingerprint density at radius 1 is 1.41 bits per heavy atom. The summed E-state index contributed by atoms with van der Waals surface area (Å²) in [7, 11) is 0. The highest BCUT2D eigenvalue weighted by molar-refractivity contribution is 5.85. The molecule has 0 radical (unpaired) electrons. The van der Waals surface area contributed by atoms with Gasteiger partial charge in [-0.05, 0) is 19.8 Å². The Morgan fingerprint density at radius 2 is 2.06 bits per heavy atom. The molecule has 4 nitrogen and oxygen atoms in total. The number of halogens is 1. The second-order valence-electron chi connectivity index (χ2n) is 4.66. The summed E-state index contributed by atoms with van der Waals surface area (Å²) in [5.74, 6) is 0.0160. The Morgan fingerprint density at radius 3 is 2.65 bits per heavy atom. The zero-order chi connectivity index (χ0) is 11.8. The van der Waals surface area contributed by atoms with Crippen LogP contribution in [0.3, 0.4) is 0 Å². The van der Waals surface area contributed by atoms with E-state index in [-0.39, 0.29) is 24.4 Å². The van der Waals surface area contributed by atoms with Crippen molar-refractivity contribution in [2.24, 2.45) is 5.73 Å². The Balaban J connectivity index is 0.00000256. The maximum Gasteiger partial charge on any atom is 0.221 e. The number of hydrogen-bond donors (Lipinski definition) is 2. The molecule has 0 heterocycles. The van der Waals surface area contributed by atoms with Gasteiger partial charge >= 0.3 is 0 Å². The van der Waals surface area contributed by atoms with E-state index in [1.807, 2.05) is 6.92 Å². The molecule has 0 aromatic carbocycles. The van der Waals surface area contributed by atoms with Crippen molar-refractivity contribution in [1.82, 2.24) is 5.32 Å². The smallest absolute Gasteiger partial charge is 0.221 e. The average Bonchev–Trinajstić information content (AvgIpc) is 2.25. The van der Waals surface area contributed by atoms with E-state index in [9.17, 15) is 4.79 Å². The second kappa shape index (κ2) is 9.68. The molecule has 1 unspecified atom stereocenters. The van der Waals surface area contributed by atoms with Crippen LogP contribution in [0.2, 0.25) is 0 Å². The van der Waals surface area contributed by atoms with Gasteiger partial charge in [0.1, 0.15) is 0 Å². The van der Waals surface area contributed by atoms with Gasteiger partial charge in [-0.1, -0.05) is 19.3 Å². The van der Waals surface area contributed by atoms with Crippen LogP contribution in [-0.4, -0.2) is 31.2 Å². The Hall–Kier alpha value is -0.320. The largest absolute Gasteiger partial charge is 0.376 e. The van der Waals surface area contributed by atoms with Crippen LogP contribution in [0, 0.1) is 0 Å². The van der Waals surface area contributed by atoms with E-state index in [1.54, 1.807) is 0 Å². The quantitative estimate of drug-likeness (QED) is 0.717. The summed E-state index contributed by atoms with van der Waals surface area (Å²) in [6, 6.07) is -0.0701. The summed E-state index contributed by atoms with van der Waals surface area (Å²) in [5.41, 5.74) is 5.52. The van der Waals surface area contributed by atoms with E-state index in [4.69, 9.17) is 10.5 Å². The molecule has 0 aromatic heterocycles. The maximum atomic E-state index is 11.3. The Kier molecular flexibility index (Phi) is 9.50. The first-order valence-corrected chi connectivity index (χ1v) is 6.32. The molecule has 5 heteroatoms. The minimum Gasteiger partial charge on any atom is -0.376 e. The number of hydrogen-bond acceptors (Lipinski definition) is 3. The van der Waals surface area contributed by atoms with Gasteiger partial charge in [-0.15, -0.1) is 12.4 Å². The monoisotopic (exact) mass is 264 g/mol. The van der Waals surface area contributed by atoms with E-state index in [0.717, 1.165) is 0 Å². The zero-order valence-electron chi connectivity index (χ0n) is 10.6. The molecule has 0 saturated heterocycles. The third-order valence-electron chi connectivity index (χ3n) is 2.84. The molecule has 102 valence electrons. The van der Waals surface area contributed by atoms with Crippen molar-refractivity contribution >= 4 is 18.3 Å². The molecule has 3 N–H and O–H groups in total. The predicted octanol–water partition coefficient (Wildman–Crippen LogP) is 1.61. The molecule has 1 rings (SSSR count). The number of nitrogens with two attached hydrogens (primary N) is 1. The normalized spacial score (nSPS) is 18.2. The highest BCUT2D eigenvalue weighted by Crippen LogP contribution is 2.19. The number of carbonyl (C=O) groups is 1. The molecule has 0 spiro atoms. The van der Waals surface area contributed by atoms with Crippen molar-refractivity contribution in [2.75, 3.05) is 13.2 Å². The van der Waals surface area contributed by atoms with E-state index in [2.05, 4.69) is 5.32 Å². The molecule has 1 atom stereocenters. The van der Waals surface area contributed by atoms with Crippen LogP contribution in [0.15, 0.2) is 0 Å². The van der Waals surface area contributed by atoms with Crippen LogP contribution in [0.5, 0.6) is 0 Å². The van der Waals surface area contributed by atoms with Gasteiger partial charge in [0, 0.05) is 19.0 Å². The average molecular weight is 265 g/mol. The SMILES string of the molecule is CC(N)CC(=O)NCCOC1CCCCC1.Cl. The lowest BCUT2D eigenvalue weighted by Gasteiger charge is -2.22. The van der Waals surface area contributed by atoms with Crippen LogP contribution >= 0.6 is 12.4 Å². The van der Waals surface area contributed by atoms with Crippen LogP contribution in [-0.2, 0) is 9.53 Å². The number of rotatable bonds is 6. The lowest BCUT2D eigenvalue weighted by molar-refractivity contribution is -0.121. The van der Waals surface area contributed by atoms with Crippen molar-refractivity contribution in [3.05, 3.63) is 0 Å². The van der Waals surface area contributed by atoms with Crippen LogP contribution < -0.4 is 11.1 Å². The van der Waals surface area contributed by atoms with Gasteiger partial charge in [0.15, 0.2) is 0 Å². The van der Waals surface area contributed by atoms with Gasteiger partial charge in [0.05, 0.1) is 12.7 Å². The first-order valence-electron chi connectivity index (χ1n) is 6.32. The van der Waals surface area contributed by atoms with Gasteiger partial charge in [-0.2, -0.15) is 0 Å². The third kappa shape index (κ3) is 8.41. The molecule has 1 amide bonds. The Bertz CT molecular complexity index is 207. The summed E-state index contributed by atoms with van der Waals surface area (Å²) >= 11 is 0.